The van der Waals surface area contributed by atoms with Crippen molar-refractivity contribution in [2.45, 2.75) is 6.92 Å². The molecule has 1 N–H and O–H groups in total. The standard InChI is InChI=1S/C20H17N3O3S2/c1-11-6-4-9-15-16(11)22-20(28-15)23-18(24)13-10-27-19(21-13)12-7-5-8-14(25-2)17(12)26-3/h4-10H,1-3H3,(H,22,23,24). The number of carbonyl (C=O) groups excluding carboxylic acids is 1. The third-order valence-electron chi connectivity index (χ3n) is 4.21. The van der Waals surface area contributed by atoms with Crippen molar-refractivity contribution in [3.05, 3.63) is 53.0 Å². The smallest absolute Gasteiger partial charge is 0.276 e. The number of aryl methyl sites for hydroxylation is 1. The van der Waals surface area contributed by atoms with Crippen LogP contribution in [0.15, 0.2) is 41.8 Å². The molecule has 4 rings (SSSR count). The van der Waals surface area contributed by atoms with Crippen LogP contribution in [0.4, 0.5) is 5.13 Å². The molecule has 8 heteroatoms. The van der Waals surface area contributed by atoms with Crippen molar-refractivity contribution in [2.75, 3.05) is 19.5 Å². The van der Waals surface area contributed by atoms with Crippen LogP contribution in [0.5, 0.6) is 11.5 Å². The number of thiazole rings is 2. The van der Waals surface area contributed by atoms with E-state index in [2.05, 4.69) is 15.3 Å². The summed E-state index contributed by atoms with van der Waals surface area (Å²) >= 11 is 2.82. The molecule has 0 radical (unpaired) electrons. The molecular formula is C20H17N3O3S2. The molecular weight excluding hydrogens is 394 g/mol. The Morgan fingerprint density at radius 3 is 2.64 bits per heavy atom. The summed E-state index contributed by atoms with van der Waals surface area (Å²) in [6, 6.07) is 11.5. The van der Waals surface area contributed by atoms with Gasteiger partial charge >= 0.3 is 0 Å². The summed E-state index contributed by atoms with van der Waals surface area (Å²) in [5, 5.41) is 5.81. The lowest BCUT2D eigenvalue weighted by molar-refractivity contribution is 0.102. The first kappa shape index (κ1) is 18.4. The molecule has 0 fully saturated rings. The van der Waals surface area contributed by atoms with Crippen LogP contribution in [0.1, 0.15) is 16.1 Å². The quantitative estimate of drug-likeness (QED) is 0.500. The number of rotatable bonds is 5. The molecule has 2 aromatic heterocycles. The second-order valence-electron chi connectivity index (χ2n) is 5.97. The van der Waals surface area contributed by atoms with Gasteiger partial charge in [-0.05, 0) is 30.7 Å². The number of methoxy groups -OCH3 is 2. The van der Waals surface area contributed by atoms with E-state index < -0.39 is 0 Å². The highest BCUT2D eigenvalue weighted by atomic mass is 32.1. The molecule has 142 valence electrons. The maximum absolute atomic E-state index is 12.6. The first-order valence-electron chi connectivity index (χ1n) is 8.45. The maximum Gasteiger partial charge on any atom is 0.276 e. The highest BCUT2D eigenvalue weighted by Gasteiger charge is 2.18. The predicted molar refractivity (Wildman–Crippen MR) is 113 cm³/mol. The molecule has 0 spiro atoms. The van der Waals surface area contributed by atoms with Crippen molar-refractivity contribution >= 4 is 43.9 Å². The van der Waals surface area contributed by atoms with Gasteiger partial charge in [0.1, 0.15) is 10.7 Å². The Balaban J connectivity index is 1.60. The number of hydrogen-bond donors (Lipinski definition) is 1. The lowest BCUT2D eigenvalue weighted by Crippen LogP contribution is -2.12. The number of nitrogens with zero attached hydrogens (tertiary/aromatic N) is 2. The highest BCUT2D eigenvalue weighted by Crippen LogP contribution is 2.39. The molecule has 0 atom stereocenters. The summed E-state index contributed by atoms with van der Waals surface area (Å²) in [4.78, 5) is 21.6. The zero-order chi connectivity index (χ0) is 19.7. The number of aromatic nitrogens is 2. The number of fused-ring (bicyclic) bond motifs is 1. The van der Waals surface area contributed by atoms with Gasteiger partial charge in [-0.15, -0.1) is 11.3 Å². The van der Waals surface area contributed by atoms with E-state index in [1.54, 1.807) is 19.6 Å². The number of benzene rings is 2. The fourth-order valence-corrected chi connectivity index (χ4v) is 4.62. The Bertz CT molecular complexity index is 1170. The van der Waals surface area contributed by atoms with Gasteiger partial charge in [0.15, 0.2) is 16.6 Å². The van der Waals surface area contributed by atoms with Gasteiger partial charge in [0, 0.05) is 5.38 Å². The third-order valence-corrected chi connectivity index (χ3v) is 6.02. The molecule has 1 amide bonds. The van der Waals surface area contributed by atoms with Crippen molar-refractivity contribution in [1.29, 1.82) is 0 Å². The number of ether oxygens (including phenoxy) is 2. The van der Waals surface area contributed by atoms with E-state index >= 15 is 0 Å². The van der Waals surface area contributed by atoms with E-state index in [-0.39, 0.29) is 5.91 Å². The molecule has 28 heavy (non-hydrogen) atoms. The van der Waals surface area contributed by atoms with Gasteiger partial charge in [0.2, 0.25) is 0 Å². The zero-order valence-corrected chi connectivity index (χ0v) is 17.1. The monoisotopic (exact) mass is 411 g/mol. The summed E-state index contributed by atoms with van der Waals surface area (Å²) in [6.07, 6.45) is 0. The minimum absolute atomic E-state index is 0.291. The Hall–Kier alpha value is -2.97. The topological polar surface area (TPSA) is 73.3 Å². The summed E-state index contributed by atoms with van der Waals surface area (Å²) < 4.78 is 11.8. The zero-order valence-electron chi connectivity index (χ0n) is 15.5. The van der Waals surface area contributed by atoms with Gasteiger partial charge in [-0.1, -0.05) is 29.5 Å². The van der Waals surface area contributed by atoms with E-state index in [4.69, 9.17) is 9.47 Å². The van der Waals surface area contributed by atoms with Crippen LogP contribution < -0.4 is 14.8 Å². The number of para-hydroxylation sites is 2. The summed E-state index contributed by atoms with van der Waals surface area (Å²) in [6.45, 7) is 2.00. The SMILES string of the molecule is COc1cccc(-c2nc(C(=O)Nc3nc4c(C)cccc4s3)cs2)c1OC. The average molecular weight is 412 g/mol. The molecule has 0 unspecified atom stereocenters. The molecule has 4 aromatic rings. The minimum atomic E-state index is -0.291. The highest BCUT2D eigenvalue weighted by molar-refractivity contribution is 7.22. The van der Waals surface area contributed by atoms with Crippen LogP contribution in [-0.2, 0) is 0 Å². The number of hydrogen-bond acceptors (Lipinski definition) is 7. The Labute approximate surface area is 169 Å². The van der Waals surface area contributed by atoms with E-state index in [9.17, 15) is 4.79 Å². The van der Waals surface area contributed by atoms with Gasteiger partial charge in [-0.2, -0.15) is 0 Å². The van der Waals surface area contributed by atoms with Crippen LogP contribution >= 0.6 is 22.7 Å². The Morgan fingerprint density at radius 1 is 1.07 bits per heavy atom. The average Bonchev–Trinajstić information content (AvgIpc) is 3.35. The lowest BCUT2D eigenvalue weighted by atomic mass is 10.2. The van der Waals surface area contributed by atoms with Crippen molar-refractivity contribution in [2.24, 2.45) is 0 Å². The number of nitrogens with one attached hydrogen (secondary N) is 1. The summed E-state index contributed by atoms with van der Waals surface area (Å²) in [5.74, 6) is 0.917. The molecule has 2 heterocycles. The fraction of sp³-hybridized carbons (Fsp3) is 0.150. The Morgan fingerprint density at radius 2 is 1.89 bits per heavy atom. The molecule has 6 nitrogen and oxygen atoms in total. The first-order chi connectivity index (χ1) is 13.6. The second kappa shape index (κ2) is 7.57. The van der Waals surface area contributed by atoms with Crippen LogP contribution in [0.2, 0.25) is 0 Å². The van der Waals surface area contributed by atoms with Crippen LogP contribution in [0.3, 0.4) is 0 Å². The predicted octanol–water partition coefficient (Wildman–Crippen LogP) is 5.00. The first-order valence-corrected chi connectivity index (χ1v) is 10.1. The van der Waals surface area contributed by atoms with E-state index in [0.717, 1.165) is 21.3 Å². The molecule has 0 bridgehead atoms. The molecule has 0 aliphatic carbocycles. The largest absolute Gasteiger partial charge is 0.493 e. The van der Waals surface area contributed by atoms with E-state index in [1.165, 1.54) is 22.7 Å². The number of anilines is 1. The van der Waals surface area contributed by atoms with Crippen molar-refractivity contribution in [1.82, 2.24) is 9.97 Å². The Kier molecular flexibility index (Phi) is 4.97. The van der Waals surface area contributed by atoms with Gasteiger partial charge in [-0.3, -0.25) is 10.1 Å². The summed E-state index contributed by atoms with van der Waals surface area (Å²) in [5.41, 5.74) is 3.10. The molecule has 0 saturated heterocycles. The molecule has 0 aliphatic rings. The second-order valence-corrected chi connectivity index (χ2v) is 7.86. The van der Waals surface area contributed by atoms with E-state index in [0.29, 0.717) is 27.3 Å². The molecule has 0 saturated carbocycles. The third kappa shape index (κ3) is 3.32. The van der Waals surface area contributed by atoms with Gasteiger partial charge in [-0.25, -0.2) is 9.97 Å². The molecule has 0 aliphatic heterocycles. The molecule has 2 aromatic carbocycles. The van der Waals surface area contributed by atoms with Crippen LogP contribution in [0, 0.1) is 6.92 Å². The summed E-state index contributed by atoms with van der Waals surface area (Å²) in [7, 11) is 3.17. The van der Waals surface area contributed by atoms with Gasteiger partial charge in [0.25, 0.3) is 5.91 Å². The minimum Gasteiger partial charge on any atom is -0.493 e. The van der Waals surface area contributed by atoms with Gasteiger partial charge in [0.05, 0.1) is 30.0 Å². The maximum atomic E-state index is 12.6. The van der Waals surface area contributed by atoms with Crippen LogP contribution in [0.25, 0.3) is 20.8 Å². The van der Waals surface area contributed by atoms with E-state index in [1.807, 2.05) is 43.3 Å². The van der Waals surface area contributed by atoms with Crippen molar-refractivity contribution < 1.29 is 14.3 Å². The fourth-order valence-electron chi connectivity index (χ4n) is 2.86. The lowest BCUT2D eigenvalue weighted by Gasteiger charge is -2.10. The number of carbonyl (C=O) groups is 1. The van der Waals surface area contributed by atoms with Crippen LogP contribution in [-0.4, -0.2) is 30.1 Å². The normalized spacial score (nSPS) is 10.8. The van der Waals surface area contributed by atoms with Gasteiger partial charge < -0.3 is 9.47 Å². The van der Waals surface area contributed by atoms with Crippen molar-refractivity contribution in [3.63, 3.8) is 0 Å². The van der Waals surface area contributed by atoms with Crippen molar-refractivity contribution in [3.8, 4) is 22.1 Å². The number of amides is 1.